The topological polar surface area (TPSA) is 81.2 Å². The van der Waals surface area contributed by atoms with Crippen molar-refractivity contribution in [1.29, 1.82) is 0 Å². The number of halogens is 2. The number of esters is 1. The summed E-state index contributed by atoms with van der Waals surface area (Å²) in [5.74, 6) is -2.35. The van der Waals surface area contributed by atoms with Crippen LogP contribution in [0.15, 0.2) is 78.3 Å². The van der Waals surface area contributed by atoms with E-state index in [-0.39, 0.29) is 17.1 Å². The predicted molar refractivity (Wildman–Crippen MR) is 119 cm³/mol. The van der Waals surface area contributed by atoms with E-state index >= 15 is 0 Å². The molecule has 4 rings (SSSR count). The molecule has 6 nitrogen and oxygen atoms in total. The van der Waals surface area contributed by atoms with Crippen LogP contribution in [0.1, 0.15) is 33.4 Å². The molecule has 1 N–H and O–H groups in total. The maximum absolute atomic E-state index is 13.8. The lowest BCUT2D eigenvalue weighted by Gasteiger charge is -2.17. The van der Waals surface area contributed by atoms with Crippen LogP contribution in [0, 0.1) is 11.6 Å². The molecule has 1 atom stereocenters. The Morgan fingerprint density at radius 3 is 2.61 bits per heavy atom. The van der Waals surface area contributed by atoms with Crippen molar-refractivity contribution in [2.24, 2.45) is 0 Å². The molecular weight excluding hydrogens is 448 g/mol. The summed E-state index contributed by atoms with van der Waals surface area (Å²) in [6.07, 6.45) is 0.485. The number of thiazole rings is 1. The molecule has 0 saturated heterocycles. The van der Waals surface area contributed by atoms with Gasteiger partial charge < -0.3 is 4.74 Å². The summed E-state index contributed by atoms with van der Waals surface area (Å²) in [7, 11) is 0. The summed E-state index contributed by atoms with van der Waals surface area (Å²) < 4.78 is 33.1. The van der Waals surface area contributed by atoms with E-state index in [9.17, 15) is 18.4 Å². The minimum atomic E-state index is -0.895. The van der Waals surface area contributed by atoms with Crippen LogP contribution < -0.4 is 5.32 Å². The number of nitrogens with zero attached hydrogens (tertiary/aromatic N) is 2. The van der Waals surface area contributed by atoms with Crippen LogP contribution in [0.25, 0.3) is 0 Å². The largest absolute Gasteiger partial charge is 0.451 e. The smallest absolute Gasteiger partial charge is 0.312 e. The van der Waals surface area contributed by atoms with Crippen molar-refractivity contribution in [2.45, 2.75) is 12.5 Å². The Hall–Kier alpha value is -3.98. The SMILES string of the molecule is O=C(Cc1csc(NC(=O)c2ccccc2F)n1)O[C@@H](c1cccc(F)c1)c1ccccn1. The van der Waals surface area contributed by atoms with Gasteiger partial charge in [0.1, 0.15) is 11.6 Å². The Morgan fingerprint density at radius 1 is 1.03 bits per heavy atom. The summed E-state index contributed by atoms with van der Waals surface area (Å²) in [5, 5.41) is 4.33. The maximum Gasteiger partial charge on any atom is 0.312 e. The lowest BCUT2D eigenvalue weighted by Crippen LogP contribution is -2.16. The number of hydrogen-bond acceptors (Lipinski definition) is 6. The minimum absolute atomic E-state index is 0.109. The van der Waals surface area contributed by atoms with Crippen molar-refractivity contribution in [1.82, 2.24) is 9.97 Å². The first-order valence-corrected chi connectivity index (χ1v) is 10.7. The van der Waals surface area contributed by atoms with Crippen LogP contribution >= 0.6 is 11.3 Å². The second-order valence-electron chi connectivity index (χ2n) is 6.93. The Labute approximate surface area is 191 Å². The normalized spacial score (nSPS) is 11.6. The highest BCUT2D eigenvalue weighted by Crippen LogP contribution is 2.26. The van der Waals surface area contributed by atoms with Crippen molar-refractivity contribution in [3.63, 3.8) is 0 Å². The third-order valence-corrected chi connectivity index (χ3v) is 5.38. The number of carbonyl (C=O) groups excluding carboxylic acids is 2. The first-order chi connectivity index (χ1) is 16.0. The first-order valence-electron chi connectivity index (χ1n) is 9.86. The second-order valence-corrected chi connectivity index (χ2v) is 7.79. The van der Waals surface area contributed by atoms with Crippen LogP contribution in [0.5, 0.6) is 0 Å². The first kappa shape index (κ1) is 22.2. The molecule has 2 aromatic heterocycles. The van der Waals surface area contributed by atoms with Gasteiger partial charge in [0.2, 0.25) is 0 Å². The predicted octanol–water partition coefficient (Wildman–Crippen LogP) is 4.94. The number of pyridine rings is 1. The zero-order valence-corrected chi connectivity index (χ0v) is 17.9. The molecule has 4 aromatic rings. The highest BCUT2D eigenvalue weighted by Gasteiger charge is 2.22. The third-order valence-electron chi connectivity index (χ3n) is 4.57. The van der Waals surface area contributed by atoms with Crippen LogP contribution in [-0.2, 0) is 16.0 Å². The summed E-state index contributed by atoms with van der Waals surface area (Å²) >= 11 is 1.10. The number of benzene rings is 2. The van der Waals surface area contributed by atoms with Crippen molar-refractivity contribution < 1.29 is 23.1 Å². The van der Waals surface area contributed by atoms with Gasteiger partial charge >= 0.3 is 5.97 Å². The summed E-state index contributed by atoms with van der Waals surface area (Å²) in [6.45, 7) is 0. The maximum atomic E-state index is 13.8. The van der Waals surface area contributed by atoms with Gasteiger partial charge in [-0.3, -0.25) is 19.9 Å². The monoisotopic (exact) mass is 465 g/mol. The number of amides is 1. The van der Waals surface area contributed by atoms with E-state index in [1.54, 1.807) is 41.9 Å². The number of anilines is 1. The number of rotatable bonds is 7. The van der Waals surface area contributed by atoms with Crippen molar-refractivity contribution in [2.75, 3.05) is 5.32 Å². The summed E-state index contributed by atoms with van der Waals surface area (Å²) in [4.78, 5) is 33.3. The molecule has 0 unspecified atom stereocenters. The molecule has 0 aliphatic rings. The quantitative estimate of drug-likeness (QED) is 0.391. The van der Waals surface area contributed by atoms with Crippen LogP contribution in [0.3, 0.4) is 0 Å². The Kier molecular flexibility index (Phi) is 6.80. The van der Waals surface area contributed by atoms with Gasteiger partial charge in [0.25, 0.3) is 5.91 Å². The highest BCUT2D eigenvalue weighted by atomic mass is 32.1. The van der Waals surface area contributed by atoms with Gasteiger partial charge in [-0.1, -0.05) is 30.3 Å². The van der Waals surface area contributed by atoms with Gasteiger partial charge in [-0.05, 0) is 36.4 Å². The van der Waals surface area contributed by atoms with Gasteiger partial charge in [-0.2, -0.15) is 0 Å². The third kappa shape index (κ3) is 5.64. The van der Waals surface area contributed by atoms with Crippen molar-refractivity contribution in [3.05, 3.63) is 112 Å². The highest BCUT2D eigenvalue weighted by molar-refractivity contribution is 7.14. The fourth-order valence-electron chi connectivity index (χ4n) is 3.08. The molecule has 0 aliphatic carbocycles. The number of aromatic nitrogens is 2. The molecular formula is C24H17F2N3O3S. The number of ether oxygens (including phenoxy) is 1. The van der Waals surface area contributed by atoms with Crippen LogP contribution in [0.4, 0.5) is 13.9 Å². The van der Waals surface area contributed by atoms with Gasteiger partial charge in [0.15, 0.2) is 11.2 Å². The molecule has 9 heteroatoms. The van der Waals surface area contributed by atoms with E-state index in [2.05, 4.69) is 15.3 Å². The summed E-state index contributed by atoms with van der Waals surface area (Å²) in [6, 6.07) is 16.5. The number of nitrogens with one attached hydrogen (secondary N) is 1. The molecule has 33 heavy (non-hydrogen) atoms. The molecule has 0 spiro atoms. The Morgan fingerprint density at radius 2 is 1.85 bits per heavy atom. The standard InChI is InChI=1S/C24H17F2N3O3S/c25-16-7-5-6-15(12-16)22(20-10-3-4-11-27-20)32-21(30)13-17-14-33-24(28-17)29-23(31)18-8-1-2-9-19(18)26/h1-12,14,22H,13H2,(H,28,29,31)/t22-/m0/s1. The Balaban J connectivity index is 1.45. The average Bonchev–Trinajstić information content (AvgIpc) is 3.24. The van der Waals surface area contributed by atoms with Gasteiger partial charge in [0, 0.05) is 17.1 Å². The lowest BCUT2D eigenvalue weighted by atomic mass is 10.1. The fraction of sp³-hybridized carbons (Fsp3) is 0.0833. The summed E-state index contributed by atoms with van der Waals surface area (Å²) in [5.41, 5.74) is 1.15. The zero-order chi connectivity index (χ0) is 23.2. The van der Waals surface area contributed by atoms with Gasteiger partial charge in [-0.15, -0.1) is 11.3 Å². The molecule has 0 radical (unpaired) electrons. The molecule has 2 heterocycles. The van der Waals surface area contributed by atoms with Gasteiger partial charge in [-0.25, -0.2) is 13.8 Å². The molecule has 0 saturated carbocycles. The van der Waals surface area contributed by atoms with E-state index in [4.69, 9.17) is 4.74 Å². The van der Waals surface area contributed by atoms with E-state index in [1.165, 1.54) is 36.4 Å². The van der Waals surface area contributed by atoms with E-state index < -0.39 is 29.6 Å². The van der Waals surface area contributed by atoms with Crippen molar-refractivity contribution >= 4 is 28.3 Å². The number of hydrogen-bond donors (Lipinski definition) is 1. The fourth-order valence-corrected chi connectivity index (χ4v) is 3.78. The molecule has 0 aliphatic heterocycles. The van der Waals surface area contributed by atoms with E-state index in [1.807, 2.05) is 0 Å². The second kappa shape index (κ2) is 10.1. The lowest BCUT2D eigenvalue weighted by molar-refractivity contribution is -0.146. The molecule has 166 valence electrons. The van der Waals surface area contributed by atoms with Crippen LogP contribution in [0.2, 0.25) is 0 Å². The van der Waals surface area contributed by atoms with E-state index in [0.29, 0.717) is 17.0 Å². The molecule has 1 amide bonds. The molecule has 0 fully saturated rings. The van der Waals surface area contributed by atoms with Crippen LogP contribution in [-0.4, -0.2) is 21.8 Å². The zero-order valence-electron chi connectivity index (χ0n) is 17.1. The number of carbonyl (C=O) groups is 2. The van der Waals surface area contributed by atoms with Gasteiger partial charge in [0.05, 0.1) is 23.4 Å². The molecule has 0 bridgehead atoms. The Bertz CT molecular complexity index is 1280. The van der Waals surface area contributed by atoms with Crippen molar-refractivity contribution in [3.8, 4) is 0 Å². The minimum Gasteiger partial charge on any atom is -0.451 e. The van der Waals surface area contributed by atoms with E-state index in [0.717, 1.165) is 11.3 Å². The molecule has 2 aromatic carbocycles. The average molecular weight is 465 g/mol.